The molecule has 2 rings (SSSR count). The summed E-state index contributed by atoms with van der Waals surface area (Å²) in [4.78, 5) is 49.8. The number of nitrogens with zero attached hydrogens (tertiary/aromatic N) is 1. The molecule has 1 aliphatic rings. The Morgan fingerprint density at radius 3 is 1.61 bits per heavy atom. The summed E-state index contributed by atoms with van der Waals surface area (Å²) in [6.07, 6.45) is 0.937. The van der Waals surface area contributed by atoms with Crippen LogP contribution in [0.15, 0.2) is 12.3 Å². The second kappa shape index (κ2) is 14.1. The zero-order valence-electron chi connectivity index (χ0n) is 25.7. The highest BCUT2D eigenvalue weighted by Crippen LogP contribution is 2.31. The van der Waals surface area contributed by atoms with E-state index in [-0.39, 0.29) is 23.1 Å². The maximum absolute atomic E-state index is 13.5. The van der Waals surface area contributed by atoms with Gasteiger partial charge in [0.15, 0.2) is 17.5 Å². The van der Waals surface area contributed by atoms with E-state index in [9.17, 15) is 36.7 Å². The monoisotopic (exact) mass is 590 g/mol. The molecule has 1 atom stereocenters. The largest absolute Gasteiger partial charge is 0.420 e. The number of ether oxygens (including phenoxy) is 1. The minimum absolute atomic E-state index is 0.0579. The summed E-state index contributed by atoms with van der Waals surface area (Å²) < 4.78 is 57.4. The van der Waals surface area contributed by atoms with Crippen molar-refractivity contribution in [3.8, 4) is 5.75 Å². The molecule has 1 heterocycles. The van der Waals surface area contributed by atoms with Crippen LogP contribution in [0, 0.1) is 46.4 Å². The summed E-state index contributed by atoms with van der Waals surface area (Å²) in [6, 6.07) is -0.322. The Bertz CT molecular complexity index is 1130. The number of halogens is 4. The van der Waals surface area contributed by atoms with Gasteiger partial charge in [-0.1, -0.05) is 27.4 Å². The first kappa shape index (κ1) is 37.7. The Balaban J connectivity index is 0.000000620. The molecule has 12 heteroatoms. The Morgan fingerprint density at radius 2 is 1.29 bits per heavy atom. The van der Waals surface area contributed by atoms with Crippen LogP contribution in [0.4, 0.5) is 17.6 Å². The van der Waals surface area contributed by atoms with Crippen LogP contribution in [0.5, 0.6) is 5.75 Å². The van der Waals surface area contributed by atoms with Crippen LogP contribution in [-0.2, 0) is 24.0 Å². The summed E-state index contributed by atoms with van der Waals surface area (Å²) >= 11 is 0. The number of hydrogen-bond acceptors (Lipinski definition) is 7. The summed E-state index contributed by atoms with van der Waals surface area (Å²) in [5, 5.41) is 1.01. The van der Waals surface area contributed by atoms with Crippen LogP contribution in [-0.4, -0.2) is 34.7 Å². The Hall–Kier alpha value is -3.28. The zero-order valence-corrected chi connectivity index (χ0v) is 25.7. The molecular weight excluding hydrogens is 548 g/mol. The van der Waals surface area contributed by atoms with E-state index in [1.54, 1.807) is 20.8 Å². The van der Waals surface area contributed by atoms with Gasteiger partial charge in [-0.3, -0.25) is 14.4 Å². The lowest BCUT2D eigenvalue weighted by atomic mass is 9.85. The van der Waals surface area contributed by atoms with Gasteiger partial charge in [0.25, 0.3) is 5.91 Å². The number of rotatable bonds is 3. The topological polar surface area (TPSA) is 116 Å². The highest BCUT2D eigenvalue weighted by atomic mass is 19.2. The second-order valence-electron chi connectivity index (χ2n) is 12.7. The smallest absolute Gasteiger partial charge is 0.338 e. The number of carbonyl (C=O) groups is 4. The predicted octanol–water partition coefficient (Wildman–Crippen LogP) is 6.08. The lowest BCUT2D eigenvalue weighted by Crippen LogP contribution is -2.40. The van der Waals surface area contributed by atoms with Gasteiger partial charge >= 0.3 is 11.9 Å². The quantitative estimate of drug-likeness (QED) is 0.149. The normalized spacial score (nSPS) is 14.4. The van der Waals surface area contributed by atoms with Crippen molar-refractivity contribution in [2.24, 2.45) is 22.0 Å². The highest BCUT2D eigenvalue weighted by molar-refractivity contribution is 5.83. The van der Waals surface area contributed by atoms with Crippen molar-refractivity contribution >= 4 is 23.6 Å². The van der Waals surface area contributed by atoms with Crippen LogP contribution in [0.1, 0.15) is 87.6 Å². The van der Waals surface area contributed by atoms with Crippen molar-refractivity contribution in [1.29, 1.82) is 0 Å². The molecule has 1 aromatic carbocycles. The maximum Gasteiger partial charge on any atom is 0.338 e. The van der Waals surface area contributed by atoms with Crippen molar-refractivity contribution in [3.05, 3.63) is 41.1 Å². The summed E-state index contributed by atoms with van der Waals surface area (Å²) in [5.41, 5.74) is 3.62. The third-order valence-corrected chi connectivity index (χ3v) is 5.55. The molecule has 0 bridgehead atoms. The molecular formula is C29H42F4N2O6. The van der Waals surface area contributed by atoms with E-state index in [2.05, 4.69) is 11.3 Å². The Labute approximate surface area is 239 Å². The first-order chi connectivity index (χ1) is 18.2. The molecule has 0 radical (unpaired) electrons. The zero-order chi connectivity index (χ0) is 32.8. The molecule has 8 nitrogen and oxygen atoms in total. The molecule has 0 aromatic heterocycles. The predicted molar refractivity (Wildman–Crippen MR) is 145 cm³/mol. The molecule has 1 unspecified atom stereocenters. The Kier molecular flexibility index (Phi) is 12.9. The summed E-state index contributed by atoms with van der Waals surface area (Å²) in [5.74, 6) is -9.52. The maximum atomic E-state index is 13.5. The minimum atomic E-state index is -1.87. The van der Waals surface area contributed by atoms with Gasteiger partial charge in [-0.05, 0) is 67.2 Å². The van der Waals surface area contributed by atoms with E-state index in [0.29, 0.717) is 18.5 Å². The van der Waals surface area contributed by atoms with Crippen molar-refractivity contribution in [2.45, 2.75) is 95.0 Å². The number of nitrogens with two attached hydrogens (primary N) is 1. The molecule has 232 valence electrons. The lowest BCUT2D eigenvalue weighted by molar-refractivity contribution is -0.194. The molecule has 0 aliphatic carbocycles. The number of esters is 1. The van der Waals surface area contributed by atoms with Gasteiger partial charge in [0.2, 0.25) is 11.6 Å². The van der Waals surface area contributed by atoms with Gasteiger partial charge in [-0.2, -0.15) is 4.39 Å². The molecule has 41 heavy (non-hydrogen) atoms. The number of benzene rings is 1. The highest BCUT2D eigenvalue weighted by Gasteiger charge is 2.33. The molecule has 1 saturated heterocycles. The van der Waals surface area contributed by atoms with Crippen molar-refractivity contribution in [2.75, 3.05) is 0 Å². The van der Waals surface area contributed by atoms with Crippen molar-refractivity contribution in [1.82, 2.24) is 5.06 Å². The number of carbonyl (C=O) groups excluding carboxylic acids is 4. The molecule has 1 amide bonds. The number of allylic oxidation sites excluding steroid dienone is 1. The molecule has 1 aliphatic heterocycles. The van der Waals surface area contributed by atoms with Gasteiger partial charge in [0.1, 0.15) is 5.78 Å². The third-order valence-electron chi connectivity index (χ3n) is 5.55. The molecule has 0 spiro atoms. The number of hydrogen-bond donors (Lipinski definition) is 1. The molecule has 2 N–H and O–H groups in total. The average molecular weight is 591 g/mol. The fourth-order valence-corrected chi connectivity index (χ4v) is 2.63. The summed E-state index contributed by atoms with van der Waals surface area (Å²) in [7, 11) is 0. The van der Waals surface area contributed by atoms with E-state index in [1.807, 2.05) is 20.8 Å². The lowest BCUT2D eigenvalue weighted by Gasteiger charge is -2.23. The summed E-state index contributed by atoms with van der Waals surface area (Å²) in [6.45, 7) is 21.5. The van der Waals surface area contributed by atoms with E-state index in [1.165, 1.54) is 27.7 Å². The first-order valence-electron chi connectivity index (χ1n) is 12.8. The minimum Gasteiger partial charge on any atom is -0.420 e. The van der Waals surface area contributed by atoms with Crippen LogP contribution in [0.3, 0.4) is 0 Å². The van der Waals surface area contributed by atoms with Gasteiger partial charge in [0, 0.05) is 12.0 Å². The standard InChI is InChI=1S/C12H12F4O2.C10H15NO3.C7H15NO/c1-5-6(13)8(15)9(16)10(7(5)14)18-11(17)12(2,3)4;1-7-5-6-8(12)11(7)14-9(13)10(2,3)4;1-5(9)6(8)7(2,3)4/h1-4H3;1,5-6H2,2-4H3;6H,8H2,1-4H3. The molecule has 0 saturated carbocycles. The molecule has 1 fully saturated rings. The average Bonchev–Trinajstić information content (AvgIpc) is 3.14. The van der Waals surface area contributed by atoms with Crippen LogP contribution in [0.25, 0.3) is 0 Å². The number of Topliss-reactive ketones (excluding diaryl/α,β-unsaturated/α-hetero) is 1. The van der Waals surface area contributed by atoms with E-state index in [4.69, 9.17) is 10.6 Å². The van der Waals surface area contributed by atoms with E-state index >= 15 is 0 Å². The second-order valence-corrected chi connectivity index (χ2v) is 12.7. The van der Waals surface area contributed by atoms with Gasteiger partial charge in [0.05, 0.1) is 22.6 Å². The van der Waals surface area contributed by atoms with E-state index < -0.39 is 57.4 Å². The van der Waals surface area contributed by atoms with Crippen LogP contribution >= 0.6 is 0 Å². The first-order valence-corrected chi connectivity index (χ1v) is 12.8. The number of amides is 1. The fourth-order valence-electron chi connectivity index (χ4n) is 2.63. The number of hydroxylamine groups is 2. The van der Waals surface area contributed by atoms with Gasteiger partial charge in [-0.25, -0.2) is 18.0 Å². The van der Waals surface area contributed by atoms with Crippen LogP contribution < -0.4 is 10.5 Å². The number of ketones is 1. The van der Waals surface area contributed by atoms with Gasteiger partial charge < -0.3 is 15.3 Å². The van der Waals surface area contributed by atoms with Crippen LogP contribution in [0.2, 0.25) is 0 Å². The Morgan fingerprint density at radius 1 is 0.829 bits per heavy atom. The van der Waals surface area contributed by atoms with Gasteiger partial charge in [-0.15, -0.1) is 5.06 Å². The molecule has 1 aromatic rings. The van der Waals surface area contributed by atoms with Crippen molar-refractivity contribution in [3.63, 3.8) is 0 Å². The third kappa shape index (κ3) is 10.9. The van der Waals surface area contributed by atoms with E-state index in [0.717, 1.165) is 12.0 Å². The SMILES string of the molecule is C=C1CCC(=O)N1OC(=O)C(C)(C)C.CC(=O)C(N)C(C)(C)C.Cc1c(F)c(F)c(F)c(OC(=O)C(C)(C)C)c1F. The van der Waals surface area contributed by atoms with Crippen molar-refractivity contribution < 1.29 is 46.3 Å². The fraction of sp³-hybridized carbons (Fsp3) is 0.586.